The minimum Gasteiger partial charge on any atom is -1.00 e. The van der Waals surface area contributed by atoms with Crippen molar-refractivity contribution in [3.8, 4) is 0 Å². The van der Waals surface area contributed by atoms with Gasteiger partial charge in [0.1, 0.15) is 28.7 Å². The van der Waals surface area contributed by atoms with E-state index in [2.05, 4.69) is 58.9 Å². The number of aldehydes is 1. The van der Waals surface area contributed by atoms with Gasteiger partial charge in [-0.05, 0) is 115 Å². The van der Waals surface area contributed by atoms with Gasteiger partial charge >= 0.3 is 59.7 Å². The fourth-order valence-electron chi connectivity index (χ4n) is 9.40. The standard InChI is InChI=1S/C23H33N5O4.C19H24N4O3.C17H23N5O2.C4H9NO2.B.Na.H/c1-23(2,3)32-22(30)28-12-5-6-18-7-8-19(26-21(18)28)10-13-27-16-17(15-25-27)14-24-11-9-20(29)31-4;1-19(2,3)26-18(25)23-9-4-5-15-6-7-16(21-17(15)23)8-10-22-12-14(13-24)11-20-22;23-16(24)5-8-18-10-13-11-20-22(12-13)9-6-15-4-3-14-2-1-7-19-17(14)21-15;1-7-4(6)2-3-5;;;/h7-8,15-16,24H,5-6,9-14H2,1-4H3;6-7,11-13H,4-5,8-10H2,1-3H3;3-4,11-12,18H,1-2,5-10H2,(H,19,21)(H,23,24);2-3,5H2,1H3;;;/q;;;;;+1;-1. The van der Waals surface area contributed by atoms with Crippen molar-refractivity contribution < 1.29 is 83.8 Å². The number of nitrogens with two attached hydrogens (primary N) is 1. The second-order valence-corrected chi connectivity index (χ2v) is 23.4. The Balaban J connectivity index is 0.000000339. The van der Waals surface area contributed by atoms with Crippen LogP contribution in [0.3, 0.4) is 0 Å². The molecule has 0 aromatic carbocycles. The number of nitrogens with zero attached hydrogens (tertiary/aromatic N) is 11. The summed E-state index contributed by atoms with van der Waals surface area (Å²) in [5, 5.41) is 31.2. The Hall–Kier alpha value is -7.56. The maximum atomic E-state index is 12.7. The summed E-state index contributed by atoms with van der Waals surface area (Å²) in [6, 6.07) is 12.4. The number of nitrogens with one attached hydrogen (secondary N) is 3. The number of amides is 2. The molecule has 0 saturated heterocycles. The van der Waals surface area contributed by atoms with Gasteiger partial charge in [0.15, 0.2) is 6.29 Å². The largest absolute Gasteiger partial charge is 1.00 e. The fourth-order valence-corrected chi connectivity index (χ4v) is 9.40. The number of anilines is 3. The van der Waals surface area contributed by atoms with Gasteiger partial charge in [-0.2, -0.15) is 15.3 Å². The molecule has 6 aromatic rings. The van der Waals surface area contributed by atoms with E-state index in [1.54, 1.807) is 20.7 Å². The Morgan fingerprint density at radius 2 is 1.07 bits per heavy atom. The van der Waals surface area contributed by atoms with Crippen LogP contribution in [0.1, 0.15) is 137 Å². The molecule has 0 unspecified atom stereocenters. The Bertz CT molecular complexity index is 3280. The summed E-state index contributed by atoms with van der Waals surface area (Å²) >= 11 is 0. The van der Waals surface area contributed by atoms with E-state index >= 15 is 0 Å². The number of methoxy groups -OCH3 is 2. The van der Waals surface area contributed by atoms with E-state index in [1.165, 1.54) is 32.4 Å². The summed E-state index contributed by atoms with van der Waals surface area (Å²) in [6.07, 6.45) is 19.8. The Morgan fingerprint density at radius 1 is 0.626 bits per heavy atom. The first kappa shape index (κ1) is 75.9. The molecule has 0 fully saturated rings. The summed E-state index contributed by atoms with van der Waals surface area (Å²) in [5.74, 6) is 1.17. The average molecular weight is 1270 g/mol. The fraction of sp³-hybridized carbons (Fsp3) is 0.524. The minimum atomic E-state index is -0.787. The van der Waals surface area contributed by atoms with E-state index < -0.39 is 17.2 Å². The molecule has 0 saturated carbocycles. The van der Waals surface area contributed by atoms with E-state index in [-0.39, 0.29) is 69.9 Å². The van der Waals surface area contributed by atoms with Crippen LogP contribution in [0.4, 0.5) is 27.0 Å². The van der Waals surface area contributed by atoms with Crippen LogP contribution >= 0.6 is 0 Å². The molecule has 3 radical (unpaired) electrons. The topological polar surface area (TPSA) is 320 Å². The zero-order valence-electron chi connectivity index (χ0n) is 55.4. The predicted molar refractivity (Wildman–Crippen MR) is 341 cm³/mol. The van der Waals surface area contributed by atoms with Gasteiger partial charge in [-0.15, -0.1) is 0 Å². The maximum Gasteiger partial charge on any atom is 1.00 e. The number of carbonyl (C=O) groups is 6. The Morgan fingerprint density at radius 3 is 1.51 bits per heavy atom. The summed E-state index contributed by atoms with van der Waals surface area (Å²) in [4.78, 5) is 85.1. The van der Waals surface area contributed by atoms with Gasteiger partial charge in [0, 0.05) is 146 Å². The summed E-state index contributed by atoms with van der Waals surface area (Å²) in [7, 11) is 2.73. The second kappa shape index (κ2) is 38.3. The first-order valence-electron chi connectivity index (χ1n) is 30.3. The number of aromatic nitrogens is 9. The smallest absolute Gasteiger partial charge is 1.00 e. The summed E-state index contributed by atoms with van der Waals surface area (Å²) < 4.78 is 25.5. The molecule has 0 atom stereocenters. The Labute approximate surface area is 558 Å². The van der Waals surface area contributed by atoms with Gasteiger partial charge in [0.25, 0.3) is 0 Å². The van der Waals surface area contributed by atoms with Crippen molar-refractivity contribution >= 4 is 62.2 Å². The zero-order chi connectivity index (χ0) is 64.3. The molecule has 26 nitrogen and oxygen atoms in total. The number of carboxylic acid groups (broad SMARTS) is 1. The molecule has 3 aliphatic heterocycles. The number of rotatable bonds is 22. The number of hydrogen-bond donors (Lipinski definition) is 5. The number of carboxylic acids is 1. The van der Waals surface area contributed by atoms with Crippen molar-refractivity contribution in [3.05, 3.63) is 124 Å². The normalized spacial score (nSPS) is 12.9. The molecule has 0 aliphatic carbocycles. The van der Waals surface area contributed by atoms with E-state index in [1.807, 2.05) is 93.9 Å². The third-order valence-corrected chi connectivity index (χ3v) is 13.8. The zero-order valence-corrected chi connectivity index (χ0v) is 56.4. The maximum absolute atomic E-state index is 12.7. The molecular formula is C63H90BN15NaO11. The van der Waals surface area contributed by atoms with Gasteiger partial charge in [0.2, 0.25) is 0 Å². The van der Waals surface area contributed by atoms with Crippen LogP contribution in [-0.2, 0) is 105 Å². The van der Waals surface area contributed by atoms with Gasteiger partial charge in [0.05, 0.1) is 57.6 Å². The molecule has 91 heavy (non-hydrogen) atoms. The van der Waals surface area contributed by atoms with Crippen LogP contribution in [0.25, 0.3) is 0 Å². The number of fused-ring (bicyclic) bond motifs is 3. The van der Waals surface area contributed by atoms with Crippen LogP contribution in [-0.4, -0.2) is 159 Å². The van der Waals surface area contributed by atoms with E-state index in [0.717, 1.165) is 103 Å². The van der Waals surface area contributed by atoms with E-state index in [4.69, 9.17) is 35.3 Å². The third-order valence-electron chi connectivity index (χ3n) is 13.8. The van der Waals surface area contributed by atoms with E-state index in [9.17, 15) is 28.8 Å². The third kappa shape index (κ3) is 26.7. The predicted octanol–water partition coefficient (Wildman–Crippen LogP) is 3.57. The Kier molecular flexibility index (Phi) is 32.0. The molecule has 6 aromatic heterocycles. The van der Waals surface area contributed by atoms with Gasteiger partial charge in [-0.25, -0.2) is 24.5 Å². The minimum absolute atomic E-state index is 0. The van der Waals surface area contributed by atoms with Crippen LogP contribution in [0.2, 0.25) is 0 Å². The van der Waals surface area contributed by atoms with Crippen molar-refractivity contribution in [1.29, 1.82) is 0 Å². The molecular weight excluding hydrogens is 1180 g/mol. The molecule has 9 heterocycles. The SMILES string of the molecule is CC(C)(C)OC(=O)N1CCCc2ccc(CCn3cc(C=O)cn3)nc21.COC(=O)CCN.COC(=O)CCNCc1cnn(CCc2ccc3c(n2)N(C(=O)OC(C)(C)C)CCC3)c1.O=C(O)CCNCc1cnn(CCc2ccc3c(n2)NCCC3)c1.[B].[H-].[Na+]. The number of carbonyl (C=O) groups excluding carboxylic acids is 5. The van der Waals surface area contributed by atoms with E-state index in [0.29, 0.717) is 102 Å². The first-order valence-corrected chi connectivity index (χ1v) is 30.3. The van der Waals surface area contributed by atoms with Gasteiger partial charge < -0.3 is 47.2 Å². The molecule has 9 rings (SSSR count). The molecule has 0 bridgehead atoms. The molecule has 487 valence electrons. The van der Waals surface area contributed by atoms with Gasteiger partial charge in [-0.1, -0.05) is 18.2 Å². The summed E-state index contributed by atoms with van der Waals surface area (Å²) in [6.45, 7) is 18.1. The number of esters is 2. The first-order chi connectivity index (χ1) is 42.6. The molecule has 28 heteroatoms. The number of hydrogen-bond acceptors (Lipinski definition) is 20. The number of pyridine rings is 3. The average Bonchev–Trinajstić information content (AvgIpc) is 2.15. The van der Waals surface area contributed by atoms with Crippen molar-refractivity contribution in [2.45, 2.75) is 163 Å². The van der Waals surface area contributed by atoms with Crippen LogP contribution in [0, 0.1) is 0 Å². The number of aliphatic carboxylic acids is 1. The van der Waals surface area contributed by atoms with Crippen molar-refractivity contribution in [2.24, 2.45) is 5.73 Å². The monoisotopic (exact) mass is 1270 g/mol. The van der Waals surface area contributed by atoms with Crippen molar-refractivity contribution in [2.75, 3.05) is 68.6 Å². The van der Waals surface area contributed by atoms with Crippen LogP contribution in [0.15, 0.2) is 73.6 Å². The number of ether oxygens (including phenoxy) is 4. The van der Waals surface area contributed by atoms with Crippen LogP contribution < -0.4 is 61.0 Å². The molecule has 3 aliphatic rings. The molecule has 0 spiro atoms. The summed E-state index contributed by atoms with van der Waals surface area (Å²) in [5.41, 5.74) is 12.9. The van der Waals surface area contributed by atoms with Crippen molar-refractivity contribution in [1.82, 2.24) is 54.9 Å². The quantitative estimate of drug-likeness (QED) is 0.0213. The molecule has 2 amide bonds. The van der Waals surface area contributed by atoms with Crippen LogP contribution in [0.5, 0.6) is 0 Å². The number of aryl methyl sites for hydroxylation is 9. The van der Waals surface area contributed by atoms with Gasteiger partial charge in [-0.3, -0.25) is 43.0 Å². The second-order valence-electron chi connectivity index (χ2n) is 23.4. The molecule has 6 N–H and O–H groups in total. The van der Waals surface area contributed by atoms with Crippen molar-refractivity contribution in [3.63, 3.8) is 0 Å².